The Morgan fingerprint density at radius 2 is 2.13 bits per heavy atom. The molecular formula is C22H28N6O3. The lowest BCUT2D eigenvalue weighted by atomic mass is 9.94. The van der Waals surface area contributed by atoms with Crippen LogP contribution in [0.25, 0.3) is 0 Å². The highest BCUT2D eigenvalue weighted by molar-refractivity contribution is 5.78. The second-order valence-corrected chi connectivity index (χ2v) is 7.88. The molecule has 2 aromatic heterocycles. The second kappa shape index (κ2) is 10.3. The van der Waals surface area contributed by atoms with Crippen LogP contribution in [0.5, 0.6) is 0 Å². The number of piperidine rings is 1. The SMILES string of the molecule is O=C1CCCN1CCOCC(=O)N1CCCC(c2cccc(Nc3cnccn3)n2)C1. The van der Waals surface area contributed by atoms with Crippen LogP contribution >= 0.6 is 0 Å². The van der Waals surface area contributed by atoms with E-state index in [2.05, 4.69) is 15.3 Å². The van der Waals surface area contributed by atoms with Crippen molar-refractivity contribution in [1.29, 1.82) is 0 Å². The Morgan fingerprint density at radius 3 is 2.94 bits per heavy atom. The predicted molar refractivity (Wildman–Crippen MR) is 115 cm³/mol. The third-order valence-electron chi connectivity index (χ3n) is 5.68. The molecule has 4 rings (SSSR count). The first kappa shape index (κ1) is 21.2. The first-order valence-corrected chi connectivity index (χ1v) is 10.8. The number of pyridine rings is 1. The van der Waals surface area contributed by atoms with Crippen molar-refractivity contribution in [2.45, 2.75) is 31.6 Å². The van der Waals surface area contributed by atoms with Gasteiger partial charge in [0, 0.05) is 56.6 Å². The van der Waals surface area contributed by atoms with Crippen LogP contribution in [0.3, 0.4) is 0 Å². The molecular weight excluding hydrogens is 396 g/mol. The molecule has 2 aromatic rings. The summed E-state index contributed by atoms with van der Waals surface area (Å²) in [6.07, 6.45) is 8.36. The number of likely N-dealkylation sites (tertiary alicyclic amines) is 2. The van der Waals surface area contributed by atoms with Gasteiger partial charge in [-0.3, -0.25) is 14.6 Å². The topological polar surface area (TPSA) is 101 Å². The molecule has 2 aliphatic rings. The Labute approximate surface area is 181 Å². The molecule has 2 aliphatic heterocycles. The average Bonchev–Trinajstić information content (AvgIpc) is 3.22. The van der Waals surface area contributed by atoms with Crippen molar-refractivity contribution >= 4 is 23.5 Å². The zero-order valence-corrected chi connectivity index (χ0v) is 17.6. The van der Waals surface area contributed by atoms with Crippen LogP contribution in [0, 0.1) is 0 Å². The van der Waals surface area contributed by atoms with E-state index in [1.165, 1.54) is 0 Å². The molecule has 2 amide bonds. The van der Waals surface area contributed by atoms with Gasteiger partial charge in [0.2, 0.25) is 11.8 Å². The van der Waals surface area contributed by atoms with Gasteiger partial charge < -0.3 is 19.9 Å². The quantitative estimate of drug-likeness (QED) is 0.647. The van der Waals surface area contributed by atoms with Crippen LogP contribution in [0.4, 0.5) is 11.6 Å². The minimum Gasteiger partial charge on any atom is -0.370 e. The molecule has 2 saturated heterocycles. The molecule has 0 saturated carbocycles. The van der Waals surface area contributed by atoms with Gasteiger partial charge in [-0.25, -0.2) is 9.97 Å². The largest absolute Gasteiger partial charge is 0.370 e. The fourth-order valence-electron chi connectivity index (χ4n) is 4.05. The Bertz CT molecular complexity index is 894. The van der Waals surface area contributed by atoms with Gasteiger partial charge in [0.1, 0.15) is 18.2 Å². The van der Waals surface area contributed by atoms with Crippen LogP contribution in [-0.2, 0) is 14.3 Å². The van der Waals surface area contributed by atoms with E-state index in [4.69, 9.17) is 9.72 Å². The lowest BCUT2D eigenvalue weighted by Crippen LogP contribution is -2.41. The van der Waals surface area contributed by atoms with Crippen molar-refractivity contribution in [3.05, 3.63) is 42.5 Å². The van der Waals surface area contributed by atoms with Crippen LogP contribution in [0.15, 0.2) is 36.8 Å². The van der Waals surface area contributed by atoms with E-state index >= 15 is 0 Å². The van der Waals surface area contributed by atoms with Crippen LogP contribution in [0.1, 0.15) is 37.3 Å². The number of carbonyl (C=O) groups excluding carboxylic acids is 2. The molecule has 164 valence electrons. The van der Waals surface area contributed by atoms with Gasteiger partial charge in [-0.2, -0.15) is 0 Å². The summed E-state index contributed by atoms with van der Waals surface area (Å²) < 4.78 is 5.56. The summed E-state index contributed by atoms with van der Waals surface area (Å²) in [5, 5.41) is 3.16. The number of hydrogen-bond acceptors (Lipinski definition) is 7. The second-order valence-electron chi connectivity index (χ2n) is 7.88. The van der Waals surface area contributed by atoms with Crippen molar-refractivity contribution in [2.75, 3.05) is 44.7 Å². The lowest BCUT2D eigenvalue weighted by Gasteiger charge is -2.32. The molecule has 4 heterocycles. The highest BCUT2D eigenvalue weighted by atomic mass is 16.5. The summed E-state index contributed by atoms with van der Waals surface area (Å²) in [7, 11) is 0. The first-order chi connectivity index (χ1) is 15.2. The number of ether oxygens (including phenoxy) is 1. The van der Waals surface area contributed by atoms with Gasteiger partial charge in [-0.1, -0.05) is 6.07 Å². The van der Waals surface area contributed by atoms with Gasteiger partial charge >= 0.3 is 0 Å². The molecule has 9 heteroatoms. The van der Waals surface area contributed by atoms with E-state index in [0.717, 1.165) is 38.0 Å². The first-order valence-electron chi connectivity index (χ1n) is 10.8. The van der Waals surface area contributed by atoms with E-state index in [-0.39, 0.29) is 24.3 Å². The third kappa shape index (κ3) is 5.75. The number of aromatic nitrogens is 3. The number of hydrogen-bond donors (Lipinski definition) is 1. The predicted octanol–water partition coefficient (Wildman–Crippen LogP) is 1.96. The fraction of sp³-hybridized carbons (Fsp3) is 0.500. The molecule has 2 fully saturated rings. The fourth-order valence-corrected chi connectivity index (χ4v) is 4.05. The van der Waals surface area contributed by atoms with Crippen LogP contribution in [0.2, 0.25) is 0 Å². The van der Waals surface area contributed by atoms with E-state index < -0.39 is 0 Å². The van der Waals surface area contributed by atoms with E-state index in [1.54, 1.807) is 23.5 Å². The molecule has 0 aliphatic carbocycles. The Balaban J connectivity index is 1.27. The molecule has 9 nitrogen and oxygen atoms in total. The van der Waals surface area contributed by atoms with Crippen molar-refractivity contribution in [1.82, 2.24) is 24.8 Å². The average molecular weight is 425 g/mol. The van der Waals surface area contributed by atoms with E-state index in [0.29, 0.717) is 37.8 Å². The Morgan fingerprint density at radius 1 is 1.19 bits per heavy atom. The standard InChI is InChI=1S/C22H28N6O3/c29-21-7-3-10-27(21)12-13-31-16-22(30)28-11-2-4-17(15-28)18-5-1-6-19(25-18)26-20-14-23-8-9-24-20/h1,5-6,8-9,14,17H,2-4,7,10-13,15-16H2,(H,24,25,26). The van der Waals surface area contributed by atoms with E-state index in [1.807, 2.05) is 23.1 Å². The molecule has 1 atom stereocenters. The smallest absolute Gasteiger partial charge is 0.248 e. The van der Waals surface area contributed by atoms with Gasteiger partial charge in [-0.05, 0) is 31.4 Å². The summed E-state index contributed by atoms with van der Waals surface area (Å²) in [6, 6.07) is 5.86. The number of nitrogens with zero attached hydrogens (tertiary/aromatic N) is 5. The summed E-state index contributed by atoms with van der Waals surface area (Å²) >= 11 is 0. The van der Waals surface area contributed by atoms with Gasteiger partial charge in [-0.15, -0.1) is 0 Å². The van der Waals surface area contributed by atoms with Gasteiger partial charge in [0.25, 0.3) is 0 Å². The van der Waals surface area contributed by atoms with Crippen molar-refractivity contribution in [3.63, 3.8) is 0 Å². The van der Waals surface area contributed by atoms with Gasteiger partial charge in [0.05, 0.1) is 12.8 Å². The zero-order chi connectivity index (χ0) is 21.5. The maximum atomic E-state index is 12.6. The maximum absolute atomic E-state index is 12.6. The van der Waals surface area contributed by atoms with Crippen LogP contribution < -0.4 is 5.32 Å². The molecule has 0 radical (unpaired) electrons. The number of rotatable bonds is 8. The summed E-state index contributed by atoms with van der Waals surface area (Å²) in [5.74, 6) is 1.70. The number of anilines is 2. The number of carbonyl (C=O) groups is 2. The normalized spacial score (nSPS) is 19.0. The Kier molecular flexibility index (Phi) is 7.03. The molecule has 0 bridgehead atoms. The van der Waals surface area contributed by atoms with E-state index in [9.17, 15) is 9.59 Å². The highest BCUT2D eigenvalue weighted by Crippen LogP contribution is 2.27. The molecule has 31 heavy (non-hydrogen) atoms. The Hall–Kier alpha value is -3.07. The van der Waals surface area contributed by atoms with Gasteiger partial charge in [0.15, 0.2) is 0 Å². The molecule has 0 spiro atoms. The summed E-state index contributed by atoms with van der Waals surface area (Å²) in [5.41, 5.74) is 0.958. The summed E-state index contributed by atoms with van der Waals surface area (Å²) in [4.78, 5) is 40.9. The summed E-state index contributed by atoms with van der Waals surface area (Å²) in [6.45, 7) is 3.17. The molecule has 1 unspecified atom stereocenters. The minimum atomic E-state index is -0.00807. The monoisotopic (exact) mass is 424 g/mol. The minimum absolute atomic E-state index is 0.00807. The van der Waals surface area contributed by atoms with Crippen molar-refractivity contribution in [2.24, 2.45) is 0 Å². The zero-order valence-electron chi connectivity index (χ0n) is 17.6. The number of amides is 2. The number of nitrogens with one attached hydrogen (secondary N) is 1. The van der Waals surface area contributed by atoms with Crippen molar-refractivity contribution in [3.8, 4) is 0 Å². The van der Waals surface area contributed by atoms with Crippen LogP contribution in [-0.4, -0.2) is 76.0 Å². The molecule has 1 N–H and O–H groups in total. The van der Waals surface area contributed by atoms with Crippen molar-refractivity contribution < 1.29 is 14.3 Å². The molecule has 0 aromatic carbocycles. The highest BCUT2D eigenvalue weighted by Gasteiger charge is 2.26. The lowest BCUT2D eigenvalue weighted by molar-refractivity contribution is -0.137. The third-order valence-corrected chi connectivity index (χ3v) is 5.68. The maximum Gasteiger partial charge on any atom is 0.248 e.